The Morgan fingerprint density at radius 1 is 0.967 bits per heavy atom. The van der Waals surface area contributed by atoms with E-state index in [4.69, 9.17) is 4.74 Å². The second-order valence-electron chi connectivity index (χ2n) is 8.11. The normalized spacial score (nSPS) is 20.6. The first-order valence-electron chi connectivity index (χ1n) is 10.3. The van der Waals surface area contributed by atoms with Gasteiger partial charge in [-0.1, -0.05) is 0 Å². The Balaban J connectivity index is 1.36. The van der Waals surface area contributed by atoms with Crippen LogP contribution in [0.25, 0.3) is 21.9 Å². The zero-order chi connectivity index (χ0) is 20.7. The van der Waals surface area contributed by atoms with Crippen molar-refractivity contribution in [3.8, 4) is 0 Å². The highest BCUT2D eigenvalue weighted by Crippen LogP contribution is 2.43. The molecule has 2 aromatic heterocycles. The van der Waals surface area contributed by atoms with Crippen molar-refractivity contribution in [2.45, 2.75) is 37.7 Å². The number of benzene rings is 2. The van der Waals surface area contributed by atoms with Crippen LogP contribution in [-0.4, -0.2) is 22.1 Å². The molecule has 6 heteroatoms. The predicted octanol–water partition coefficient (Wildman–Crippen LogP) is 6.05. The maximum atomic E-state index is 13.8. The van der Waals surface area contributed by atoms with Crippen LogP contribution in [0, 0.1) is 17.6 Å². The molecular weight excluding hydrogens is 384 g/mol. The Kier molecular flexibility index (Phi) is 4.95. The summed E-state index contributed by atoms with van der Waals surface area (Å²) in [5.41, 5.74) is 3.44. The van der Waals surface area contributed by atoms with Crippen molar-refractivity contribution in [3.05, 3.63) is 71.7 Å². The molecule has 0 radical (unpaired) electrons. The van der Waals surface area contributed by atoms with Gasteiger partial charge < -0.3 is 9.72 Å². The van der Waals surface area contributed by atoms with E-state index in [0.29, 0.717) is 17.4 Å². The van der Waals surface area contributed by atoms with Crippen molar-refractivity contribution in [2.24, 2.45) is 5.92 Å². The molecule has 0 unspecified atom stereocenters. The van der Waals surface area contributed by atoms with E-state index in [9.17, 15) is 8.78 Å². The number of aromatic nitrogens is 3. The number of imidazole rings is 1. The first-order chi connectivity index (χ1) is 14.6. The first kappa shape index (κ1) is 19.1. The number of nitrogens with zero attached hydrogens (tertiary/aromatic N) is 2. The summed E-state index contributed by atoms with van der Waals surface area (Å²) in [6, 6.07) is 11.4. The fourth-order valence-corrected chi connectivity index (χ4v) is 4.89. The molecule has 154 valence electrons. The quantitative estimate of drug-likeness (QED) is 0.448. The predicted molar refractivity (Wildman–Crippen MR) is 112 cm³/mol. The van der Waals surface area contributed by atoms with Gasteiger partial charge in [0.15, 0.2) is 0 Å². The maximum absolute atomic E-state index is 13.8. The van der Waals surface area contributed by atoms with Crippen LogP contribution in [0.15, 0.2) is 48.7 Å². The summed E-state index contributed by atoms with van der Waals surface area (Å²) in [5, 5.41) is 0.906. The number of halogens is 2. The number of ether oxygens (including phenoxy) is 1. The fourth-order valence-electron chi connectivity index (χ4n) is 4.89. The van der Waals surface area contributed by atoms with Gasteiger partial charge in [0.2, 0.25) is 0 Å². The largest absolute Gasteiger partial charge is 0.373 e. The first-order valence-corrected chi connectivity index (χ1v) is 10.3. The SMILES string of the molecule is CO[C@@H](c1nc2cc(F)ccc2[nH]1)[C@H]1CC[C@@H](c2ccnc3ccc(F)cc32)CC1. The van der Waals surface area contributed by atoms with Gasteiger partial charge in [-0.25, -0.2) is 13.8 Å². The molecule has 5 rings (SSSR count). The van der Waals surface area contributed by atoms with Crippen LogP contribution in [0.4, 0.5) is 8.78 Å². The molecule has 1 saturated carbocycles. The topological polar surface area (TPSA) is 50.8 Å². The lowest BCUT2D eigenvalue weighted by molar-refractivity contribution is 0.0274. The van der Waals surface area contributed by atoms with Gasteiger partial charge >= 0.3 is 0 Å². The van der Waals surface area contributed by atoms with Crippen molar-refractivity contribution in [3.63, 3.8) is 0 Å². The van der Waals surface area contributed by atoms with E-state index >= 15 is 0 Å². The molecule has 0 aliphatic heterocycles. The van der Waals surface area contributed by atoms with E-state index in [2.05, 4.69) is 15.0 Å². The number of H-pyrrole nitrogens is 1. The zero-order valence-electron chi connectivity index (χ0n) is 16.7. The summed E-state index contributed by atoms with van der Waals surface area (Å²) in [6.07, 6.45) is 5.60. The summed E-state index contributed by atoms with van der Waals surface area (Å²) in [4.78, 5) is 12.2. The van der Waals surface area contributed by atoms with Gasteiger partial charge in [-0.05, 0) is 79.5 Å². The van der Waals surface area contributed by atoms with Crippen LogP contribution in [0.1, 0.15) is 49.1 Å². The number of hydrogen-bond donors (Lipinski definition) is 1. The lowest BCUT2D eigenvalue weighted by atomic mass is 9.76. The average molecular weight is 407 g/mol. The number of nitrogens with one attached hydrogen (secondary N) is 1. The molecule has 2 heterocycles. The van der Waals surface area contributed by atoms with Crippen LogP contribution >= 0.6 is 0 Å². The number of hydrogen-bond acceptors (Lipinski definition) is 3. The van der Waals surface area contributed by atoms with Crippen LogP contribution in [0.2, 0.25) is 0 Å². The monoisotopic (exact) mass is 407 g/mol. The van der Waals surface area contributed by atoms with E-state index in [0.717, 1.165) is 47.9 Å². The van der Waals surface area contributed by atoms with E-state index < -0.39 is 0 Å². The minimum Gasteiger partial charge on any atom is -0.373 e. The summed E-state index contributed by atoms with van der Waals surface area (Å²) < 4.78 is 33.1. The van der Waals surface area contributed by atoms with Gasteiger partial charge in [0, 0.05) is 24.8 Å². The van der Waals surface area contributed by atoms with Gasteiger partial charge in [-0.3, -0.25) is 4.98 Å². The van der Waals surface area contributed by atoms with E-state index in [1.165, 1.54) is 23.8 Å². The standard InChI is InChI=1S/C24H23F2N3O/c1-30-23(24-28-21-9-7-17(26)13-22(21)29-24)15-4-2-14(3-5-15)18-10-11-27-20-8-6-16(25)12-19(18)20/h6-15,23H,2-5H2,1H3,(H,28,29)/t14-,15+,23-/m1/s1. The van der Waals surface area contributed by atoms with Gasteiger partial charge in [-0.15, -0.1) is 0 Å². The summed E-state index contributed by atoms with van der Waals surface area (Å²) >= 11 is 0. The Bertz CT molecular complexity index is 1200. The summed E-state index contributed by atoms with van der Waals surface area (Å²) in [6.45, 7) is 0. The van der Waals surface area contributed by atoms with Gasteiger partial charge in [0.05, 0.1) is 16.6 Å². The third-order valence-corrected chi connectivity index (χ3v) is 6.36. The summed E-state index contributed by atoms with van der Waals surface area (Å²) in [7, 11) is 1.70. The van der Waals surface area contributed by atoms with Gasteiger partial charge in [-0.2, -0.15) is 0 Å². The molecule has 2 aromatic carbocycles. The number of methoxy groups -OCH3 is 1. The molecular formula is C24H23F2N3O. The highest BCUT2D eigenvalue weighted by atomic mass is 19.1. The minimum atomic E-state index is -0.295. The third kappa shape index (κ3) is 3.45. The lowest BCUT2D eigenvalue weighted by Crippen LogP contribution is -2.22. The van der Waals surface area contributed by atoms with E-state index in [1.54, 1.807) is 25.3 Å². The Morgan fingerprint density at radius 3 is 2.53 bits per heavy atom. The molecule has 1 aliphatic rings. The fraction of sp³-hybridized carbons (Fsp3) is 0.333. The number of fused-ring (bicyclic) bond motifs is 2. The zero-order valence-corrected chi connectivity index (χ0v) is 16.7. The van der Waals surface area contributed by atoms with Crippen molar-refractivity contribution in [1.82, 2.24) is 15.0 Å². The molecule has 0 spiro atoms. The molecule has 1 N–H and O–H groups in total. The van der Waals surface area contributed by atoms with Gasteiger partial charge in [0.1, 0.15) is 23.6 Å². The Morgan fingerprint density at radius 2 is 1.73 bits per heavy atom. The molecule has 0 amide bonds. The molecule has 1 atom stereocenters. The molecule has 1 fully saturated rings. The van der Waals surface area contributed by atoms with Crippen LogP contribution < -0.4 is 0 Å². The molecule has 0 bridgehead atoms. The van der Waals surface area contributed by atoms with Crippen molar-refractivity contribution in [2.75, 3.05) is 7.11 Å². The van der Waals surface area contributed by atoms with E-state index in [-0.39, 0.29) is 17.7 Å². The van der Waals surface area contributed by atoms with Crippen molar-refractivity contribution >= 4 is 21.9 Å². The lowest BCUT2D eigenvalue weighted by Gasteiger charge is -2.33. The molecule has 30 heavy (non-hydrogen) atoms. The van der Waals surface area contributed by atoms with Crippen LogP contribution in [0.5, 0.6) is 0 Å². The number of rotatable bonds is 4. The second-order valence-corrected chi connectivity index (χ2v) is 8.11. The van der Waals surface area contributed by atoms with E-state index in [1.807, 2.05) is 12.3 Å². The average Bonchev–Trinajstić information content (AvgIpc) is 3.17. The smallest absolute Gasteiger partial charge is 0.136 e. The van der Waals surface area contributed by atoms with Crippen molar-refractivity contribution in [1.29, 1.82) is 0 Å². The number of aromatic amines is 1. The Hall–Kier alpha value is -2.86. The maximum Gasteiger partial charge on any atom is 0.136 e. The Labute approximate surface area is 173 Å². The van der Waals surface area contributed by atoms with Crippen LogP contribution in [-0.2, 0) is 4.74 Å². The number of pyridine rings is 1. The van der Waals surface area contributed by atoms with Crippen LogP contribution in [0.3, 0.4) is 0 Å². The third-order valence-electron chi connectivity index (χ3n) is 6.36. The molecule has 4 nitrogen and oxygen atoms in total. The summed E-state index contributed by atoms with van der Waals surface area (Å²) in [5.74, 6) is 0.914. The highest BCUT2D eigenvalue weighted by molar-refractivity contribution is 5.82. The second kappa shape index (κ2) is 7.76. The minimum absolute atomic E-state index is 0.159. The molecule has 1 aliphatic carbocycles. The van der Waals surface area contributed by atoms with Crippen molar-refractivity contribution < 1.29 is 13.5 Å². The molecule has 4 aromatic rings. The highest BCUT2D eigenvalue weighted by Gasteiger charge is 2.31. The van der Waals surface area contributed by atoms with Gasteiger partial charge in [0.25, 0.3) is 0 Å². The molecule has 0 saturated heterocycles.